The van der Waals surface area contributed by atoms with Gasteiger partial charge in [-0.15, -0.1) is 0 Å². The molecule has 3 rings (SSSR count). The maximum atomic E-state index is 12.8. The van der Waals surface area contributed by atoms with E-state index in [1.807, 2.05) is 68.4 Å². The Morgan fingerprint density at radius 2 is 1.62 bits per heavy atom. The van der Waals surface area contributed by atoms with Gasteiger partial charge in [-0.1, -0.05) is 49.4 Å². The molecular formula is C24H24N2O3. The monoisotopic (exact) mass is 388 g/mol. The summed E-state index contributed by atoms with van der Waals surface area (Å²) in [5.74, 6) is 0.0517. The maximum absolute atomic E-state index is 12.8. The van der Waals surface area contributed by atoms with E-state index < -0.39 is 6.10 Å². The second kappa shape index (κ2) is 9.55. The zero-order chi connectivity index (χ0) is 20.6. The van der Waals surface area contributed by atoms with Crippen LogP contribution in [0.3, 0.4) is 0 Å². The molecule has 0 fully saturated rings. The van der Waals surface area contributed by atoms with Crippen molar-refractivity contribution in [1.29, 1.82) is 0 Å². The summed E-state index contributed by atoms with van der Waals surface area (Å²) in [4.78, 5) is 25.5. The molecule has 1 unspecified atom stereocenters. The Hall–Kier alpha value is -3.60. The third-order valence-electron chi connectivity index (χ3n) is 4.39. The van der Waals surface area contributed by atoms with E-state index in [1.54, 1.807) is 24.3 Å². The molecule has 1 atom stereocenters. The van der Waals surface area contributed by atoms with Crippen molar-refractivity contribution in [3.63, 3.8) is 0 Å². The van der Waals surface area contributed by atoms with Gasteiger partial charge in [-0.3, -0.25) is 9.59 Å². The van der Waals surface area contributed by atoms with Gasteiger partial charge in [-0.05, 0) is 55.3 Å². The van der Waals surface area contributed by atoms with E-state index in [1.165, 1.54) is 0 Å². The first-order chi connectivity index (χ1) is 14.1. The molecule has 0 aliphatic carbocycles. The topological polar surface area (TPSA) is 67.4 Å². The number of aryl methyl sites for hydroxylation is 1. The molecule has 0 aliphatic heterocycles. The Morgan fingerprint density at radius 1 is 0.897 bits per heavy atom. The van der Waals surface area contributed by atoms with Crippen LogP contribution >= 0.6 is 0 Å². The molecule has 2 amide bonds. The molecule has 0 aromatic heterocycles. The first kappa shape index (κ1) is 20.1. The quantitative estimate of drug-likeness (QED) is 0.596. The van der Waals surface area contributed by atoms with Gasteiger partial charge in [0.2, 0.25) is 0 Å². The van der Waals surface area contributed by atoms with Crippen molar-refractivity contribution >= 4 is 23.2 Å². The minimum absolute atomic E-state index is 0.292. The summed E-state index contributed by atoms with van der Waals surface area (Å²) in [5.41, 5.74) is 2.57. The minimum Gasteiger partial charge on any atom is -0.481 e. The van der Waals surface area contributed by atoms with E-state index in [0.29, 0.717) is 29.1 Å². The Morgan fingerprint density at radius 3 is 2.34 bits per heavy atom. The Balaban J connectivity index is 1.73. The molecule has 3 aromatic rings. The molecule has 29 heavy (non-hydrogen) atoms. The van der Waals surface area contributed by atoms with Crippen LogP contribution in [0.15, 0.2) is 78.9 Å². The minimum atomic E-state index is -0.665. The molecule has 0 bridgehead atoms. The number of ether oxygens (including phenoxy) is 1. The third kappa shape index (κ3) is 5.45. The first-order valence-corrected chi connectivity index (χ1v) is 9.56. The summed E-state index contributed by atoms with van der Waals surface area (Å²) in [6.07, 6.45) is -0.167. The lowest BCUT2D eigenvalue weighted by Gasteiger charge is -2.19. The standard InChI is InChI=1S/C24H24N2O3/c1-3-22(29-19-13-9-10-17(2)16-19)24(28)26-21-15-8-7-14-20(21)23(27)25-18-11-5-4-6-12-18/h4-16,22H,3H2,1-2H3,(H,25,27)(H,26,28). The van der Waals surface area contributed by atoms with Gasteiger partial charge in [-0.25, -0.2) is 0 Å². The second-order valence-corrected chi connectivity index (χ2v) is 6.69. The number of benzene rings is 3. The van der Waals surface area contributed by atoms with Gasteiger partial charge in [0.15, 0.2) is 6.10 Å². The molecule has 2 N–H and O–H groups in total. The van der Waals surface area contributed by atoms with Gasteiger partial charge in [0.1, 0.15) is 5.75 Å². The highest BCUT2D eigenvalue weighted by Crippen LogP contribution is 2.20. The van der Waals surface area contributed by atoms with E-state index in [2.05, 4.69) is 10.6 Å². The van der Waals surface area contributed by atoms with Gasteiger partial charge in [-0.2, -0.15) is 0 Å². The summed E-state index contributed by atoms with van der Waals surface area (Å²) < 4.78 is 5.86. The van der Waals surface area contributed by atoms with Crippen molar-refractivity contribution in [2.75, 3.05) is 10.6 Å². The van der Waals surface area contributed by atoms with Crippen molar-refractivity contribution in [2.24, 2.45) is 0 Å². The third-order valence-corrected chi connectivity index (χ3v) is 4.39. The van der Waals surface area contributed by atoms with Crippen LogP contribution in [0.5, 0.6) is 5.75 Å². The summed E-state index contributed by atoms with van der Waals surface area (Å²) >= 11 is 0. The van der Waals surface area contributed by atoms with Gasteiger partial charge >= 0.3 is 0 Å². The molecule has 0 spiro atoms. The van der Waals surface area contributed by atoms with Crippen molar-refractivity contribution in [3.8, 4) is 5.75 Å². The maximum Gasteiger partial charge on any atom is 0.265 e. The van der Waals surface area contributed by atoms with E-state index >= 15 is 0 Å². The number of anilines is 2. The molecule has 3 aromatic carbocycles. The number of hydrogen-bond donors (Lipinski definition) is 2. The van der Waals surface area contributed by atoms with Crippen LogP contribution in [0.2, 0.25) is 0 Å². The van der Waals surface area contributed by atoms with E-state index in [9.17, 15) is 9.59 Å². The normalized spacial score (nSPS) is 11.4. The molecule has 148 valence electrons. The predicted molar refractivity (Wildman–Crippen MR) is 115 cm³/mol. The fourth-order valence-corrected chi connectivity index (χ4v) is 2.90. The van der Waals surface area contributed by atoms with E-state index in [-0.39, 0.29) is 11.8 Å². The van der Waals surface area contributed by atoms with E-state index in [0.717, 1.165) is 5.56 Å². The van der Waals surface area contributed by atoms with Crippen LogP contribution in [0.1, 0.15) is 29.3 Å². The lowest BCUT2D eigenvalue weighted by Crippen LogP contribution is -2.33. The molecular weight excluding hydrogens is 364 g/mol. The number of para-hydroxylation sites is 2. The van der Waals surface area contributed by atoms with Crippen molar-refractivity contribution in [3.05, 3.63) is 90.0 Å². The van der Waals surface area contributed by atoms with Gasteiger partial charge in [0.25, 0.3) is 11.8 Å². The van der Waals surface area contributed by atoms with Gasteiger partial charge in [0, 0.05) is 5.69 Å². The fraction of sp³-hybridized carbons (Fsp3) is 0.167. The molecule has 0 saturated heterocycles. The lowest BCUT2D eigenvalue weighted by molar-refractivity contribution is -0.122. The smallest absolute Gasteiger partial charge is 0.265 e. The highest BCUT2D eigenvalue weighted by atomic mass is 16.5. The van der Waals surface area contributed by atoms with Crippen LogP contribution in [-0.2, 0) is 4.79 Å². The van der Waals surface area contributed by atoms with Gasteiger partial charge < -0.3 is 15.4 Å². The van der Waals surface area contributed by atoms with Crippen LogP contribution < -0.4 is 15.4 Å². The predicted octanol–water partition coefficient (Wildman–Crippen LogP) is 5.04. The number of carbonyl (C=O) groups is 2. The lowest BCUT2D eigenvalue weighted by atomic mass is 10.1. The van der Waals surface area contributed by atoms with Crippen LogP contribution in [0.4, 0.5) is 11.4 Å². The summed E-state index contributed by atoms with van der Waals surface area (Å²) in [6, 6.07) is 23.7. The average Bonchev–Trinajstić information content (AvgIpc) is 2.73. The molecule has 0 aliphatic rings. The van der Waals surface area contributed by atoms with Crippen molar-refractivity contribution in [1.82, 2.24) is 0 Å². The molecule has 0 radical (unpaired) electrons. The highest BCUT2D eigenvalue weighted by Gasteiger charge is 2.21. The van der Waals surface area contributed by atoms with Crippen LogP contribution in [0, 0.1) is 6.92 Å². The Kier molecular flexibility index (Phi) is 6.63. The Bertz CT molecular complexity index is 986. The first-order valence-electron chi connectivity index (χ1n) is 9.56. The number of hydrogen-bond acceptors (Lipinski definition) is 3. The summed E-state index contributed by atoms with van der Waals surface area (Å²) in [6.45, 7) is 3.85. The number of amides is 2. The highest BCUT2D eigenvalue weighted by molar-refractivity contribution is 6.10. The largest absolute Gasteiger partial charge is 0.481 e. The van der Waals surface area contributed by atoms with E-state index in [4.69, 9.17) is 4.74 Å². The Labute approximate surface area is 170 Å². The zero-order valence-electron chi connectivity index (χ0n) is 16.5. The van der Waals surface area contributed by atoms with Crippen LogP contribution in [-0.4, -0.2) is 17.9 Å². The van der Waals surface area contributed by atoms with Crippen LogP contribution in [0.25, 0.3) is 0 Å². The van der Waals surface area contributed by atoms with Gasteiger partial charge in [0.05, 0.1) is 11.3 Å². The number of rotatable bonds is 7. The fourth-order valence-electron chi connectivity index (χ4n) is 2.90. The van der Waals surface area contributed by atoms with Crippen molar-refractivity contribution < 1.29 is 14.3 Å². The zero-order valence-corrected chi connectivity index (χ0v) is 16.5. The molecule has 0 saturated carbocycles. The summed E-state index contributed by atoms with van der Waals surface area (Å²) in [7, 11) is 0. The molecule has 5 nitrogen and oxygen atoms in total. The molecule has 0 heterocycles. The van der Waals surface area contributed by atoms with Crippen molar-refractivity contribution in [2.45, 2.75) is 26.4 Å². The SMILES string of the molecule is CCC(Oc1cccc(C)c1)C(=O)Nc1ccccc1C(=O)Nc1ccccc1. The average molecular weight is 388 g/mol. The number of carbonyl (C=O) groups excluding carboxylic acids is 2. The summed E-state index contributed by atoms with van der Waals surface area (Å²) in [5, 5.41) is 5.68. The molecule has 5 heteroatoms. The number of nitrogens with one attached hydrogen (secondary N) is 2. The second-order valence-electron chi connectivity index (χ2n) is 6.69.